The maximum atomic E-state index is 14.4. The molecule has 6 rings (SSSR count). The Morgan fingerprint density at radius 2 is 1.52 bits per heavy atom. The van der Waals surface area contributed by atoms with Gasteiger partial charge in [-0.15, -0.1) is 0 Å². The fraction of sp³-hybridized carbons (Fsp3) is 0.946. The van der Waals surface area contributed by atoms with Crippen LogP contribution >= 0.6 is 0 Å². The second kappa shape index (κ2) is 10.9. The van der Waals surface area contributed by atoms with E-state index in [0.29, 0.717) is 35.5 Å². The SMILES string of the molecule is C[C@@H]1[C@H]2[C@H]3CC[C@H]4[C@@]5(C)[C@H](CC[C@@]4(C)[C@]3(C)CC[C@@]2(C)CC[C@H]1C)C(C)(C)C(=O)CC5(O)C(=O)O[C@@H]1O[C@H](CO)[C@@H](O)[C@H](O)[C@H]1O. The molecular formula is C37H60O9. The molecule has 0 bridgehead atoms. The highest BCUT2D eigenvalue weighted by molar-refractivity contribution is 5.94. The number of ether oxygens (including phenoxy) is 2. The normalized spacial score (nSPS) is 56.5. The van der Waals surface area contributed by atoms with Crippen molar-refractivity contribution < 1.29 is 44.6 Å². The average Bonchev–Trinajstić information content (AvgIpc) is 2.99. The molecule has 9 nitrogen and oxygen atoms in total. The number of ketones is 1. The highest BCUT2D eigenvalue weighted by Crippen LogP contribution is 2.78. The summed E-state index contributed by atoms with van der Waals surface area (Å²) in [6, 6.07) is 0. The minimum Gasteiger partial charge on any atom is -0.431 e. The predicted octanol–water partition coefficient (Wildman–Crippen LogP) is 4.00. The van der Waals surface area contributed by atoms with E-state index in [1.165, 1.54) is 19.3 Å². The van der Waals surface area contributed by atoms with E-state index in [1.807, 2.05) is 20.8 Å². The summed E-state index contributed by atoms with van der Waals surface area (Å²) in [5.74, 6) is 0.866. The molecule has 0 aromatic carbocycles. The molecular weight excluding hydrogens is 588 g/mol. The Morgan fingerprint density at radius 1 is 0.848 bits per heavy atom. The summed E-state index contributed by atoms with van der Waals surface area (Å²) >= 11 is 0. The quantitative estimate of drug-likeness (QED) is 0.286. The summed E-state index contributed by atoms with van der Waals surface area (Å²) < 4.78 is 11.2. The Hall–Kier alpha value is -1.10. The highest BCUT2D eigenvalue weighted by Gasteiger charge is 2.76. The monoisotopic (exact) mass is 648 g/mol. The largest absolute Gasteiger partial charge is 0.431 e. The number of aliphatic hydroxyl groups is 5. The lowest BCUT2D eigenvalue weighted by Gasteiger charge is -2.74. The Morgan fingerprint density at radius 3 is 2.17 bits per heavy atom. The van der Waals surface area contributed by atoms with Gasteiger partial charge in [0.1, 0.15) is 30.2 Å². The molecule has 16 atom stereocenters. The fourth-order valence-corrected chi connectivity index (χ4v) is 13.1. The van der Waals surface area contributed by atoms with Gasteiger partial charge in [0.25, 0.3) is 0 Å². The topological polar surface area (TPSA) is 154 Å². The van der Waals surface area contributed by atoms with Crippen molar-refractivity contribution in [3.63, 3.8) is 0 Å². The first-order valence-electron chi connectivity index (χ1n) is 18.0. The van der Waals surface area contributed by atoms with E-state index in [2.05, 4.69) is 34.6 Å². The van der Waals surface area contributed by atoms with Gasteiger partial charge in [0.05, 0.1) is 6.61 Å². The van der Waals surface area contributed by atoms with Crippen molar-refractivity contribution >= 4 is 11.8 Å². The van der Waals surface area contributed by atoms with Gasteiger partial charge in [0.15, 0.2) is 5.60 Å². The highest BCUT2D eigenvalue weighted by atomic mass is 16.7. The van der Waals surface area contributed by atoms with Gasteiger partial charge in [0.2, 0.25) is 6.29 Å². The maximum absolute atomic E-state index is 14.4. The van der Waals surface area contributed by atoms with Crippen molar-refractivity contribution in [1.29, 1.82) is 0 Å². The number of esters is 1. The molecule has 1 unspecified atom stereocenters. The molecule has 5 N–H and O–H groups in total. The molecule has 1 heterocycles. The van der Waals surface area contributed by atoms with Crippen LogP contribution < -0.4 is 0 Å². The van der Waals surface area contributed by atoms with Gasteiger partial charge >= 0.3 is 5.97 Å². The van der Waals surface area contributed by atoms with Crippen LogP contribution in [-0.4, -0.2) is 80.2 Å². The summed E-state index contributed by atoms with van der Waals surface area (Å²) in [5, 5.41) is 53.8. The van der Waals surface area contributed by atoms with Crippen LogP contribution in [0.1, 0.15) is 113 Å². The third kappa shape index (κ3) is 4.33. The van der Waals surface area contributed by atoms with Crippen molar-refractivity contribution in [2.45, 2.75) is 149 Å². The van der Waals surface area contributed by atoms with Crippen LogP contribution in [0.2, 0.25) is 0 Å². The zero-order valence-corrected chi connectivity index (χ0v) is 29.3. The van der Waals surface area contributed by atoms with Gasteiger partial charge in [-0.2, -0.15) is 0 Å². The smallest absolute Gasteiger partial charge is 0.341 e. The Bertz CT molecular complexity index is 1240. The van der Waals surface area contributed by atoms with Crippen LogP contribution in [0.3, 0.4) is 0 Å². The van der Waals surface area contributed by atoms with Gasteiger partial charge < -0.3 is 35.0 Å². The second-order valence-electron chi connectivity index (χ2n) is 18.3. The molecule has 0 amide bonds. The first kappa shape index (κ1) is 34.8. The number of hydrogen-bond donors (Lipinski definition) is 5. The van der Waals surface area contributed by atoms with Gasteiger partial charge in [-0.05, 0) is 103 Å². The zero-order valence-electron chi connectivity index (χ0n) is 29.3. The van der Waals surface area contributed by atoms with E-state index in [9.17, 15) is 35.1 Å². The molecule has 1 aliphatic heterocycles. The molecule has 0 aromatic heterocycles. The van der Waals surface area contributed by atoms with Crippen LogP contribution in [0.15, 0.2) is 0 Å². The number of carbonyl (C=O) groups is 2. The van der Waals surface area contributed by atoms with E-state index in [1.54, 1.807) is 0 Å². The lowest BCUT2D eigenvalue weighted by atomic mass is 9.30. The number of aliphatic hydroxyl groups excluding tert-OH is 4. The molecule has 5 aliphatic carbocycles. The van der Waals surface area contributed by atoms with Gasteiger partial charge in [0, 0.05) is 17.3 Å². The number of fused-ring (bicyclic) bond motifs is 7. The molecule has 9 heteroatoms. The third-order valence-corrected chi connectivity index (χ3v) is 16.5. The van der Waals surface area contributed by atoms with Crippen LogP contribution in [0, 0.1) is 62.6 Å². The number of carbonyl (C=O) groups excluding carboxylic acids is 2. The van der Waals surface area contributed by atoms with E-state index < -0.39 is 66.1 Å². The third-order valence-electron chi connectivity index (χ3n) is 16.5. The summed E-state index contributed by atoms with van der Waals surface area (Å²) in [6.07, 6.45) is -0.224. The van der Waals surface area contributed by atoms with Gasteiger partial charge in [-0.1, -0.05) is 55.4 Å². The molecule has 262 valence electrons. The number of rotatable bonds is 3. The Balaban J connectivity index is 1.40. The minimum atomic E-state index is -2.20. The number of hydrogen-bond acceptors (Lipinski definition) is 9. The molecule has 0 spiro atoms. The van der Waals surface area contributed by atoms with Gasteiger partial charge in [-0.25, -0.2) is 4.79 Å². The van der Waals surface area contributed by atoms with E-state index >= 15 is 0 Å². The van der Waals surface area contributed by atoms with Gasteiger partial charge in [-0.3, -0.25) is 4.79 Å². The van der Waals surface area contributed by atoms with Crippen LogP contribution in [0.5, 0.6) is 0 Å². The Labute approximate surface area is 274 Å². The first-order valence-corrected chi connectivity index (χ1v) is 18.0. The van der Waals surface area contributed by atoms with Crippen molar-refractivity contribution in [2.24, 2.45) is 62.6 Å². The number of Topliss-reactive ketones (excluding diaryl/α,β-unsaturated/α-hetero) is 1. The maximum Gasteiger partial charge on any atom is 0.341 e. The summed E-state index contributed by atoms with van der Waals surface area (Å²) in [7, 11) is 0. The summed E-state index contributed by atoms with van der Waals surface area (Å²) in [4.78, 5) is 28.2. The van der Waals surface area contributed by atoms with Crippen molar-refractivity contribution in [3.05, 3.63) is 0 Å². The molecule has 6 aliphatic rings. The lowest BCUT2D eigenvalue weighted by molar-refractivity contribution is -0.312. The van der Waals surface area contributed by atoms with Crippen molar-refractivity contribution in [1.82, 2.24) is 0 Å². The van der Waals surface area contributed by atoms with E-state index in [0.717, 1.165) is 25.7 Å². The average molecular weight is 649 g/mol. The fourth-order valence-electron chi connectivity index (χ4n) is 13.1. The molecule has 0 aromatic rings. The van der Waals surface area contributed by atoms with E-state index in [4.69, 9.17) is 9.47 Å². The second-order valence-corrected chi connectivity index (χ2v) is 18.3. The predicted molar refractivity (Wildman–Crippen MR) is 170 cm³/mol. The van der Waals surface area contributed by atoms with Crippen LogP contribution in [0.25, 0.3) is 0 Å². The molecule has 6 fully saturated rings. The zero-order chi connectivity index (χ0) is 34.0. The standard InChI is InChI=1S/C37H60O9/c1-19-11-13-33(5)15-16-34(6)21(26(33)20(19)2)9-10-24-35(34,7)14-12-23-32(3,4)25(39)17-37(44,36(23,24)8)31(43)46-30-29(42)28(41)27(40)22(18-38)45-30/h19-24,26-30,38,40-42,44H,9-18H2,1-8H3/t19-,20+,21-,22-,23-,24-,26+,27-,28+,29-,30+,33-,34-,35-,36-,37?/m1/s1. The molecule has 46 heavy (non-hydrogen) atoms. The first-order chi connectivity index (χ1) is 21.2. The summed E-state index contributed by atoms with van der Waals surface area (Å²) in [6.45, 7) is 17.5. The molecule has 0 radical (unpaired) electrons. The van der Waals surface area contributed by atoms with Crippen molar-refractivity contribution in [2.75, 3.05) is 6.61 Å². The van der Waals surface area contributed by atoms with Crippen molar-refractivity contribution in [3.8, 4) is 0 Å². The van der Waals surface area contributed by atoms with Crippen LogP contribution in [0.4, 0.5) is 0 Å². The van der Waals surface area contributed by atoms with Crippen LogP contribution in [-0.2, 0) is 19.1 Å². The minimum absolute atomic E-state index is 0.00687. The Kier molecular flexibility index (Phi) is 8.27. The molecule has 5 saturated carbocycles. The lowest BCUT2D eigenvalue weighted by Crippen LogP contribution is -2.75. The summed E-state index contributed by atoms with van der Waals surface area (Å²) in [5.41, 5.74) is -3.86. The molecule has 1 saturated heterocycles. The van der Waals surface area contributed by atoms with E-state index in [-0.39, 0.29) is 28.4 Å².